The van der Waals surface area contributed by atoms with Crippen molar-refractivity contribution in [3.05, 3.63) is 72.1 Å². The summed E-state index contributed by atoms with van der Waals surface area (Å²) in [6.07, 6.45) is 2.69. The molecule has 0 aliphatic rings. The summed E-state index contributed by atoms with van der Waals surface area (Å²) in [6, 6.07) is 18.3. The van der Waals surface area contributed by atoms with Crippen LogP contribution in [-0.2, 0) is 17.8 Å². The first-order chi connectivity index (χ1) is 12.7. The van der Waals surface area contributed by atoms with Crippen molar-refractivity contribution in [1.29, 1.82) is 0 Å². The smallest absolute Gasteiger partial charge is 0.233 e. The molecule has 0 spiro atoms. The lowest BCUT2D eigenvalue weighted by molar-refractivity contribution is -0.127. The highest BCUT2D eigenvalue weighted by Gasteiger charge is 2.13. The second-order valence-corrected chi connectivity index (χ2v) is 6.97. The molecular formula is C20H22N4OS. The zero-order valence-electron chi connectivity index (χ0n) is 15.0. The molecule has 0 atom stereocenters. The number of hydrogen-bond acceptors (Lipinski definition) is 4. The molecule has 1 heterocycles. The van der Waals surface area contributed by atoms with Crippen LogP contribution in [0.3, 0.4) is 0 Å². The largest absolute Gasteiger partial charge is 0.341 e. The molecule has 2 aromatic carbocycles. The minimum Gasteiger partial charge on any atom is -0.341 e. The van der Waals surface area contributed by atoms with Gasteiger partial charge in [-0.05, 0) is 29.7 Å². The topological polar surface area (TPSA) is 51.0 Å². The van der Waals surface area contributed by atoms with Gasteiger partial charge in [-0.25, -0.2) is 0 Å². The first-order valence-corrected chi connectivity index (χ1v) is 9.56. The Hall–Kier alpha value is -2.60. The predicted octanol–water partition coefficient (Wildman–Crippen LogP) is 3.58. The fourth-order valence-corrected chi connectivity index (χ4v) is 3.44. The van der Waals surface area contributed by atoms with Crippen molar-refractivity contribution in [1.82, 2.24) is 19.7 Å². The molecule has 26 heavy (non-hydrogen) atoms. The van der Waals surface area contributed by atoms with E-state index in [2.05, 4.69) is 41.4 Å². The zero-order valence-corrected chi connectivity index (χ0v) is 15.8. The lowest BCUT2D eigenvalue weighted by Gasteiger charge is -2.17. The number of aromatic nitrogens is 3. The van der Waals surface area contributed by atoms with Crippen molar-refractivity contribution in [2.45, 2.75) is 25.0 Å². The third-order valence-electron chi connectivity index (χ3n) is 4.15. The second-order valence-electron chi connectivity index (χ2n) is 6.03. The number of nitrogens with zero attached hydrogens (tertiary/aromatic N) is 4. The molecule has 0 fully saturated rings. The van der Waals surface area contributed by atoms with Crippen molar-refractivity contribution in [2.75, 3.05) is 12.8 Å². The van der Waals surface area contributed by atoms with Crippen molar-refractivity contribution in [3.63, 3.8) is 0 Å². The number of benzene rings is 2. The van der Waals surface area contributed by atoms with Crippen LogP contribution in [0.25, 0.3) is 5.69 Å². The molecule has 0 aliphatic heterocycles. The highest BCUT2D eigenvalue weighted by Crippen LogP contribution is 2.20. The molecule has 0 N–H and O–H groups in total. The highest BCUT2D eigenvalue weighted by molar-refractivity contribution is 7.99. The Morgan fingerprint density at radius 2 is 1.77 bits per heavy atom. The van der Waals surface area contributed by atoms with Gasteiger partial charge in [0.05, 0.1) is 5.75 Å². The molecule has 0 aliphatic carbocycles. The van der Waals surface area contributed by atoms with Crippen LogP contribution in [0.2, 0.25) is 0 Å². The van der Waals surface area contributed by atoms with Crippen molar-refractivity contribution in [3.8, 4) is 5.69 Å². The summed E-state index contributed by atoms with van der Waals surface area (Å²) in [4.78, 5) is 14.2. The van der Waals surface area contributed by atoms with E-state index in [0.717, 1.165) is 17.7 Å². The maximum atomic E-state index is 12.5. The van der Waals surface area contributed by atoms with Crippen LogP contribution < -0.4 is 0 Å². The summed E-state index contributed by atoms with van der Waals surface area (Å²) in [5.74, 6) is 0.395. The molecular weight excluding hydrogens is 344 g/mol. The van der Waals surface area contributed by atoms with Crippen LogP contribution in [0, 0.1) is 0 Å². The molecule has 5 nitrogen and oxygen atoms in total. The van der Waals surface area contributed by atoms with E-state index in [9.17, 15) is 4.79 Å². The summed E-state index contributed by atoms with van der Waals surface area (Å²) in [5.41, 5.74) is 3.42. The quantitative estimate of drug-likeness (QED) is 0.600. The Morgan fingerprint density at radius 1 is 1.08 bits per heavy atom. The summed E-state index contributed by atoms with van der Waals surface area (Å²) in [5, 5.41) is 8.82. The van der Waals surface area contributed by atoms with Crippen LogP contribution in [0.15, 0.2) is 66.1 Å². The van der Waals surface area contributed by atoms with Crippen LogP contribution in [-0.4, -0.2) is 38.4 Å². The van der Waals surface area contributed by atoms with Gasteiger partial charge in [0.15, 0.2) is 5.16 Å². The number of para-hydroxylation sites is 1. The molecule has 0 saturated carbocycles. The Labute approximate surface area is 158 Å². The first-order valence-electron chi connectivity index (χ1n) is 8.57. The number of hydrogen-bond donors (Lipinski definition) is 0. The summed E-state index contributed by atoms with van der Waals surface area (Å²) < 4.78 is 1.89. The molecule has 0 saturated heterocycles. The van der Waals surface area contributed by atoms with E-state index in [-0.39, 0.29) is 5.91 Å². The van der Waals surface area contributed by atoms with Gasteiger partial charge in [0.25, 0.3) is 0 Å². The van der Waals surface area contributed by atoms with Gasteiger partial charge in [-0.1, -0.05) is 61.2 Å². The lowest BCUT2D eigenvalue weighted by atomic mass is 10.1. The molecule has 134 valence electrons. The molecule has 3 rings (SSSR count). The molecule has 0 radical (unpaired) electrons. The van der Waals surface area contributed by atoms with Gasteiger partial charge in [0.2, 0.25) is 5.91 Å². The standard InChI is InChI=1S/C20H22N4OS/c1-3-16-9-11-17(12-10-16)13-23(2)19(25)14-26-20-22-21-15-24(20)18-7-5-4-6-8-18/h4-12,15H,3,13-14H2,1-2H3. The Balaban J connectivity index is 1.58. The highest BCUT2D eigenvalue weighted by atomic mass is 32.2. The van der Waals surface area contributed by atoms with Gasteiger partial charge in [-0.15, -0.1) is 10.2 Å². The van der Waals surface area contributed by atoms with Gasteiger partial charge >= 0.3 is 0 Å². The molecule has 3 aromatic rings. The number of aryl methyl sites for hydroxylation is 1. The van der Waals surface area contributed by atoms with E-state index in [4.69, 9.17) is 0 Å². The average Bonchev–Trinajstić information content (AvgIpc) is 3.16. The van der Waals surface area contributed by atoms with E-state index < -0.39 is 0 Å². The minimum atomic E-state index is 0.0668. The average molecular weight is 366 g/mol. The van der Waals surface area contributed by atoms with Crippen molar-refractivity contribution >= 4 is 17.7 Å². The summed E-state index contributed by atoms with van der Waals surface area (Å²) in [6.45, 7) is 2.74. The number of rotatable bonds is 7. The molecule has 0 unspecified atom stereocenters. The van der Waals surface area contributed by atoms with Gasteiger partial charge < -0.3 is 4.90 Å². The van der Waals surface area contributed by atoms with E-state index >= 15 is 0 Å². The SMILES string of the molecule is CCc1ccc(CN(C)C(=O)CSc2nncn2-c2ccccc2)cc1. The van der Waals surface area contributed by atoms with Crippen molar-refractivity contribution < 1.29 is 4.79 Å². The lowest BCUT2D eigenvalue weighted by Crippen LogP contribution is -2.27. The van der Waals surface area contributed by atoms with Crippen molar-refractivity contribution in [2.24, 2.45) is 0 Å². The molecule has 1 amide bonds. The zero-order chi connectivity index (χ0) is 18.4. The number of carbonyl (C=O) groups is 1. The van der Waals surface area contributed by atoms with Gasteiger partial charge in [0.1, 0.15) is 6.33 Å². The summed E-state index contributed by atoms with van der Waals surface area (Å²) in [7, 11) is 1.83. The Bertz CT molecular complexity index is 846. The molecule has 0 bridgehead atoms. The van der Waals surface area contributed by atoms with Crippen LogP contribution in [0.4, 0.5) is 0 Å². The van der Waals surface area contributed by atoms with Crippen LogP contribution >= 0.6 is 11.8 Å². The second kappa shape index (κ2) is 8.67. The van der Waals surface area contributed by atoms with Gasteiger partial charge in [0, 0.05) is 19.3 Å². The van der Waals surface area contributed by atoms with E-state index in [1.165, 1.54) is 17.3 Å². The van der Waals surface area contributed by atoms with Crippen LogP contribution in [0.1, 0.15) is 18.1 Å². The third kappa shape index (κ3) is 4.52. The maximum Gasteiger partial charge on any atom is 0.233 e. The van der Waals surface area contributed by atoms with E-state index in [0.29, 0.717) is 17.5 Å². The van der Waals surface area contributed by atoms with E-state index in [1.807, 2.05) is 41.9 Å². The fraction of sp³-hybridized carbons (Fsp3) is 0.250. The summed E-state index contributed by atoms with van der Waals surface area (Å²) >= 11 is 1.40. The van der Waals surface area contributed by atoms with Gasteiger partial charge in [-0.3, -0.25) is 9.36 Å². The maximum absolute atomic E-state index is 12.5. The molecule has 1 aromatic heterocycles. The third-order valence-corrected chi connectivity index (χ3v) is 5.08. The van der Waals surface area contributed by atoms with E-state index in [1.54, 1.807) is 11.2 Å². The number of thioether (sulfide) groups is 1. The molecule has 6 heteroatoms. The monoisotopic (exact) mass is 366 g/mol. The predicted molar refractivity (Wildman–Crippen MR) is 104 cm³/mol. The Morgan fingerprint density at radius 3 is 2.46 bits per heavy atom. The van der Waals surface area contributed by atoms with Gasteiger partial charge in [-0.2, -0.15) is 0 Å². The Kier molecular flexibility index (Phi) is 6.07. The normalized spacial score (nSPS) is 10.7. The number of amides is 1. The van der Waals surface area contributed by atoms with Crippen LogP contribution in [0.5, 0.6) is 0 Å². The number of carbonyl (C=O) groups excluding carboxylic acids is 1. The minimum absolute atomic E-state index is 0.0668. The fourth-order valence-electron chi connectivity index (χ4n) is 2.57. The first kappa shape index (κ1) is 18.2.